The summed E-state index contributed by atoms with van der Waals surface area (Å²) in [5.74, 6) is -1.53. The zero-order chi connectivity index (χ0) is 14.5. The minimum atomic E-state index is -0.805. The normalized spacial score (nSPS) is 11.4. The largest absolute Gasteiger partial charge is 0.343 e. The first-order valence-corrected chi connectivity index (χ1v) is 6.07. The standard InChI is InChI=1S/C13H16ClN3O2/c1-13(2,3)16-11(18)12(19)17-15-8-9-4-6-10(14)7-5-9/h4-8H,1-3H3,(H,16,18)(H,17,19)/b15-8-. The number of carbonyl (C=O) groups is 2. The van der Waals surface area contributed by atoms with Crippen molar-refractivity contribution in [3.8, 4) is 0 Å². The van der Waals surface area contributed by atoms with Gasteiger partial charge in [0.05, 0.1) is 6.21 Å². The molecule has 1 aromatic rings. The summed E-state index contributed by atoms with van der Waals surface area (Å²) in [5, 5.41) is 6.84. The van der Waals surface area contributed by atoms with Gasteiger partial charge in [-0.2, -0.15) is 5.10 Å². The molecule has 0 saturated heterocycles. The van der Waals surface area contributed by atoms with E-state index in [9.17, 15) is 9.59 Å². The molecule has 0 aliphatic rings. The molecule has 0 unspecified atom stereocenters. The fourth-order valence-electron chi connectivity index (χ4n) is 1.16. The van der Waals surface area contributed by atoms with Crippen LogP contribution in [-0.4, -0.2) is 23.6 Å². The van der Waals surface area contributed by atoms with Crippen LogP contribution in [0.2, 0.25) is 5.02 Å². The van der Waals surface area contributed by atoms with Crippen molar-refractivity contribution in [3.05, 3.63) is 34.9 Å². The van der Waals surface area contributed by atoms with Gasteiger partial charge in [-0.3, -0.25) is 9.59 Å². The number of nitrogens with zero attached hydrogens (tertiary/aromatic N) is 1. The molecule has 6 heteroatoms. The van der Waals surface area contributed by atoms with E-state index in [1.807, 2.05) is 0 Å². The first kappa shape index (κ1) is 15.2. The van der Waals surface area contributed by atoms with Crippen LogP contribution < -0.4 is 10.7 Å². The number of carbonyl (C=O) groups excluding carboxylic acids is 2. The third-order valence-corrected chi connectivity index (χ3v) is 2.20. The fourth-order valence-corrected chi connectivity index (χ4v) is 1.29. The van der Waals surface area contributed by atoms with Crippen molar-refractivity contribution >= 4 is 29.6 Å². The molecule has 1 aromatic carbocycles. The Kier molecular flexibility index (Phi) is 5.06. The van der Waals surface area contributed by atoms with Crippen molar-refractivity contribution in [2.75, 3.05) is 0 Å². The number of nitrogens with one attached hydrogen (secondary N) is 2. The summed E-state index contributed by atoms with van der Waals surface area (Å²) in [7, 11) is 0. The molecule has 0 saturated carbocycles. The van der Waals surface area contributed by atoms with Gasteiger partial charge in [-0.15, -0.1) is 0 Å². The van der Waals surface area contributed by atoms with Crippen molar-refractivity contribution in [2.24, 2.45) is 5.10 Å². The molecule has 0 bridgehead atoms. The van der Waals surface area contributed by atoms with Crippen molar-refractivity contribution in [1.82, 2.24) is 10.7 Å². The molecule has 1 rings (SSSR count). The summed E-state index contributed by atoms with van der Waals surface area (Å²) >= 11 is 5.73. The van der Waals surface area contributed by atoms with Crippen LogP contribution in [0.15, 0.2) is 29.4 Å². The predicted octanol–water partition coefficient (Wildman–Crippen LogP) is 1.70. The summed E-state index contributed by atoms with van der Waals surface area (Å²) in [6.45, 7) is 5.36. The molecule has 2 amide bonds. The quantitative estimate of drug-likeness (QED) is 0.492. The van der Waals surface area contributed by atoms with Crippen molar-refractivity contribution in [2.45, 2.75) is 26.3 Å². The molecule has 0 aliphatic carbocycles. The van der Waals surface area contributed by atoms with Gasteiger partial charge in [-0.05, 0) is 38.5 Å². The molecule has 0 spiro atoms. The van der Waals surface area contributed by atoms with E-state index in [1.54, 1.807) is 45.0 Å². The van der Waals surface area contributed by atoms with Crippen molar-refractivity contribution < 1.29 is 9.59 Å². The van der Waals surface area contributed by atoms with E-state index >= 15 is 0 Å². The van der Waals surface area contributed by atoms with Crippen LogP contribution in [0.4, 0.5) is 0 Å². The van der Waals surface area contributed by atoms with E-state index in [0.29, 0.717) is 5.02 Å². The first-order valence-electron chi connectivity index (χ1n) is 5.69. The van der Waals surface area contributed by atoms with Gasteiger partial charge in [0, 0.05) is 10.6 Å². The zero-order valence-electron chi connectivity index (χ0n) is 11.0. The van der Waals surface area contributed by atoms with Gasteiger partial charge in [0.2, 0.25) is 0 Å². The number of halogens is 1. The smallest absolute Gasteiger partial charge is 0.329 e. The molecule has 0 radical (unpaired) electrons. The minimum absolute atomic E-state index is 0.464. The fraction of sp³-hybridized carbons (Fsp3) is 0.308. The van der Waals surface area contributed by atoms with Crippen LogP contribution in [0, 0.1) is 0 Å². The second kappa shape index (κ2) is 6.33. The Morgan fingerprint density at radius 1 is 1.16 bits per heavy atom. The summed E-state index contributed by atoms with van der Waals surface area (Å²) < 4.78 is 0. The van der Waals surface area contributed by atoms with Gasteiger partial charge in [0.25, 0.3) is 0 Å². The first-order chi connectivity index (χ1) is 8.78. The van der Waals surface area contributed by atoms with E-state index in [4.69, 9.17) is 11.6 Å². The average molecular weight is 282 g/mol. The SMILES string of the molecule is CC(C)(C)NC(=O)C(=O)N/N=C\c1ccc(Cl)cc1. The molecule has 2 N–H and O–H groups in total. The monoisotopic (exact) mass is 281 g/mol. The second-order valence-corrected chi connectivity index (χ2v) is 5.39. The number of hydrogen-bond acceptors (Lipinski definition) is 3. The van der Waals surface area contributed by atoms with E-state index in [0.717, 1.165) is 5.56 Å². The van der Waals surface area contributed by atoms with Crippen LogP contribution >= 0.6 is 11.6 Å². The molecule has 19 heavy (non-hydrogen) atoms. The van der Waals surface area contributed by atoms with Crippen molar-refractivity contribution in [3.63, 3.8) is 0 Å². The van der Waals surface area contributed by atoms with Crippen LogP contribution in [0.25, 0.3) is 0 Å². The van der Waals surface area contributed by atoms with Gasteiger partial charge >= 0.3 is 11.8 Å². The van der Waals surface area contributed by atoms with Gasteiger partial charge in [0.15, 0.2) is 0 Å². The summed E-state index contributed by atoms with van der Waals surface area (Å²) in [6.07, 6.45) is 1.43. The molecular weight excluding hydrogens is 266 g/mol. The predicted molar refractivity (Wildman–Crippen MR) is 75.1 cm³/mol. The number of benzene rings is 1. The third kappa shape index (κ3) is 6.01. The number of amides is 2. The highest BCUT2D eigenvalue weighted by Crippen LogP contribution is 2.07. The Bertz CT molecular complexity index is 490. The van der Waals surface area contributed by atoms with Crippen molar-refractivity contribution in [1.29, 1.82) is 0 Å². The highest BCUT2D eigenvalue weighted by atomic mass is 35.5. The van der Waals surface area contributed by atoms with Crippen LogP contribution in [0.3, 0.4) is 0 Å². The Hall–Kier alpha value is -1.88. The Balaban J connectivity index is 2.50. The highest BCUT2D eigenvalue weighted by molar-refractivity contribution is 6.35. The van der Waals surface area contributed by atoms with Crippen LogP contribution in [0.5, 0.6) is 0 Å². The third-order valence-electron chi connectivity index (χ3n) is 1.94. The van der Waals surface area contributed by atoms with Crippen LogP contribution in [-0.2, 0) is 9.59 Å². The maximum Gasteiger partial charge on any atom is 0.329 e. The molecule has 0 aliphatic heterocycles. The Morgan fingerprint density at radius 2 is 1.74 bits per heavy atom. The lowest BCUT2D eigenvalue weighted by atomic mass is 10.1. The maximum absolute atomic E-state index is 11.4. The maximum atomic E-state index is 11.4. The molecule has 0 heterocycles. The second-order valence-electron chi connectivity index (χ2n) is 4.95. The van der Waals surface area contributed by atoms with Crippen LogP contribution in [0.1, 0.15) is 26.3 Å². The summed E-state index contributed by atoms with van der Waals surface area (Å²) in [5.41, 5.74) is 2.45. The lowest BCUT2D eigenvalue weighted by Gasteiger charge is -2.19. The zero-order valence-corrected chi connectivity index (χ0v) is 11.8. The lowest BCUT2D eigenvalue weighted by molar-refractivity contribution is -0.140. The van der Waals surface area contributed by atoms with E-state index < -0.39 is 17.4 Å². The Labute approximate surface area is 117 Å². The lowest BCUT2D eigenvalue weighted by Crippen LogP contribution is -2.47. The number of rotatable bonds is 2. The average Bonchev–Trinajstić information content (AvgIpc) is 2.29. The van der Waals surface area contributed by atoms with Gasteiger partial charge in [-0.1, -0.05) is 23.7 Å². The molecule has 0 fully saturated rings. The van der Waals surface area contributed by atoms with E-state index in [1.165, 1.54) is 6.21 Å². The van der Waals surface area contributed by atoms with Gasteiger partial charge in [-0.25, -0.2) is 5.43 Å². The highest BCUT2D eigenvalue weighted by Gasteiger charge is 2.19. The van der Waals surface area contributed by atoms with Gasteiger partial charge < -0.3 is 5.32 Å². The molecule has 0 aromatic heterocycles. The van der Waals surface area contributed by atoms with Gasteiger partial charge in [0.1, 0.15) is 0 Å². The van der Waals surface area contributed by atoms with E-state index in [-0.39, 0.29) is 0 Å². The topological polar surface area (TPSA) is 70.6 Å². The minimum Gasteiger partial charge on any atom is -0.343 e. The Morgan fingerprint density at radius 3 is 2.26 bits per heavy atom. The molecular formula is C13H16ClN3O2. The summed E-state index contributed by atoms with van der Waals surface area (Å²) in [4.78, 5) is 22.8. The molecule has 0 atom stereocenters. The molecule has 5 nitrogen and oxygen atoms in total. The number of hydrazone groups is 1. The summed E-state index contributed by atoms with van der Waals surface area (Å²) in [6, 6.07) is 6.90. The van der Waals surface area contributed by atoms with E-state index in [2.05, 4.69) is 15.8 Å². The molecule has 102 valence electrons. The number of hydrogen-bond donors (Lipinski definition) is 2.